The standard InChI is InChI=1S/C14H11Cl2NO2S/c1-20(18,19)14-4-2-10(3-5-14)9-17-13-7-11(15)6-12(16)8-13/h2-9H,1H3. The quantitative estimate of drug-likeness (QED) is 0.795. The predicted molar refractivity (Wildman–Crippen MR) is 83.3 cm³/mol. The molecule has 6 heteroatoms. The van der Waals surface area contributed by atoms with E-state index in [0.717, 1.165) is 5.56 Å². The molecule has 0 saturated heterocycles. The number of halogens is 2. The molecule has 0 bridgehead atoms. The van der Waals surface area contributed by atoms with Gasteiger partial charge in [-0.2, -0.15) is 0 Å². The third-order valence-corrected chi connectivity index (χ3v) is 4.08. The Morgan fingerprint density at radius 2 is 1.55 bits per heavy atom. The van der Waals surface area contributed by atoms with Crippen LogP contribution in [0.2, 0.25) is 10.0 Å². The van der Waals surface area contributed by atoms with E-state index in [4.69, 9.17) is 23.2 Å². The maximum atomic E-state index is 11.3. The molecule has 0 radical (unpaired) electrons. The van der Waals surface area contributed by atoms with Crippen molar-refractivity contribution < 1.29 is 8.42 Å². The van der Waals surface area contributed by atoms with Crippen LogP contribution in [-0.4, -0.2) is 20.9 Å². The first-order chi connectivity index (χ1) is 9.34. The lowest BCUT2D eigenvalue weighted by Crippen LogP contribution is -1.96. The van der Waals surface area contributed by atoms with Crippen LogP contribution in [0.25, 0.3) is 0 Å². The third kappa shape index (κ3) is 4.07. The molecular weight excluding hydrogens is 317 g/mol. The Balaban J connectivity index is 2.23. The summed E-state index contributed by atoms with van der Waals surface area (Å²) in [6.45, 7) is 0. The average molecular weight is 328 g/mol. The lowest BCUT2D eigenvalue weighted by molar-refractivity contribution is 0.602. The van der Waals surface area contributed by atoms with Gasteiger partial charge in [0.05, 0.1) is 10.6 Å². The van der Waals surface area contributed by atoms with Crippen molar-refractivity contribution in [2.45, 2.75) is 4.90 Å². The van der Waals surface area contributed by atoms with Crippen LogP contribution in [0.3, 0.4) is 0 Å². The van der Waals surface area contributed by atoms with Gasteiger partial charge in [0.25, 0.3) is 0 Å². The molecule has 0 fully saturated rings. The fourth-order valence-electron chi connectivity index (χ4n) is 1.56. The second-order valence-electron chi connectivity index (χ2n) is 4.23. The van der Waals surface area contributed by atoms with E-state index in [1.54, 1.807) is 48.7 Å². The Labute approximate surface area is 127 Å². The molecule has 0 aromatic heterocycles. The van der Waals surface area contributed by atoms with Gasteiger partial charge in [0, 0.05) is 22.5 Å². The highest BCUT2D eigenvalue weighted by atomic mass is 35.5. The number of rotatable bonds is 3. The Morgan fingerprint density at radius 3 is 2.05 bits per heavy atom. The predicted octanol–water partition coefficient (Wildman–Crippen LogP) is 4.15. The summed E-state index contributed by atoms with van der Waals surface area (Å²) in [6.07, 6.45) is 2.79. The lowest BCUT2D eigenvalue weighted by Gasteiger charge is -1.99. The van der Waals surface area contributed by atoms with Gasteiger partial charge in [0.2, 0.25) is 0 Å². The van der Waals surface area contributed by atoms with Crippen molar-refractivity contribution in [1.29, 1.82) is 0 Å². The molecule has 2 rings (SSSR count). The van der Waals surface area contributed by atoms with Crippen LogP contribution >= 0.6 is 23.2 Å². The minimum atomic E-state index is -3.18. The summed E-state index contributed by atoms with van der Waals surface area (Å²) in [7, 11) is -3.18. The van der Waals surface area contributed by atoms with Crippen LogP contribution in [0.4, 0.5) is 5.69 Å². The van der Waals surface area contributed by atoms with Crippen LogP contribution < -0.4 is 0 Å². The number of hydrogen-bond acceptors (Lipinski definition) is 3. The van der Waals surface area contributed by atoms with Crippen LogP contribution in [0.1, 0.15) is 5.56 Å². The molecule has 0 atom stereocenters. The summed E-state index contributed by atoms with van der Waals surface area (Å²) in [4.78, 5) is 4.52. The molecule has 3 nitrogen and oxygen atoms in total. The zero-order valence-corrected chi connectivity index (χ0v) is 12.9. The number of nitrogens with zero attached hydrogens (tertiary/aromatic N) is 1. The Morgan fingerprint density at radius 1 is 1.00 bits per heavy atom. The first-order valence-corrected chi connectivity index (χ1v) is 8.29. The van der Waals surface area contributed by atoms with E-state index in [2.05, 4.69) is 4.99 Å². The van der Waals surface area contributed by atoms with Gasteiger partial charge in [-0.25, -0.2) is 8.42 Å². The van der Waals surface area contributed by atoms with Crippen molar-refractivity contribution in [1.82, 2.24) is 0 Å². The second-order valence-corrected chi connectivity index (χ2v) is 7.12. The normalized spacial score (nSPS) is 11.9. The van der Waals surface area contributed by atoms with Crippen LogP contribution in [0, 0.1) is 0 Å². The number of aliphatic imine (C=N–C) groups is 1. The molecule has 0 unspecified atom stereocenters. The maximum absolute atomic E-state index is 11.3. The molecule has 104 valence electrons. The van der Waals surface area contributed by atoms with Crippen LogP contribution in [0.5, 0.6) is 0 Å². The molecule has 0 N–H and O–H groups in total. The summed E-state index contributed by atoms with van der Waals surface area (Å²) >= 11 is 11.8. The zero-order valence-electron chi connectivity index (χ0n) is 10.5. The van der Waals surface area contributed by atoms with Crippen molar-refractivity contribution in [3.8, 4) is 0 Å². The summed E-state index contributed by atoms with van der Waals surface area (Å²) in [6, 6.07) is 11.5. The van der Waals surface area contributed by atoms with Crippen molar-refractivity contribution in [3.05, 3.63) is 58.1 Å². The average Bonchev–Trinajstić information content (AvgIpc) is 2.35. The van der Waals surface area contributed by atoms with Gasteiger partial charge in [-0.3, -0.25) is 4.99 Å². The molecular formula is C14H11Cl2NO2S. The Hall–Kier alpha value is -1.36. The van der Waals surface area contributed by atoms with E-state index in [9.17, 15) is 8.42 Å². The molecule has 0 heterocycles. The summed E-state index contributed by atoms with van der Waals surface area (Å²) in [5.74, 6) is 0. The highest BCUT2D eigenvalue weighted by Crippen LogP contribution is 2.24. The van der Waals surface area contributed by atoms with Crippen molar-refractivity contribution in [2.24, 2.45) is 4.99 Å². The summed E-state index contributed by atoms with van der Waals surface area (Å²) < 4.78 is 22.7. The monoisotopic (exact) mass is 327 g/mol. The highest BCUT2D eigenvalue weighted by Gasteiger charge is 2.05. The van der Waals surface area contributed by atoms with E-state index < -0.39 is 9.84 Å². The van der Waals surface area contributed by atoms with Crippen molar-refractivity contribution in [3.63, 3.8) is 0 Å². The lowest BCUT2D eigenvalue weighted by atomic mass is 10.2. The van der Waals surface area contributed by atoms with E-state index in [1.165, 1.54) is 6.26 Å². The van der Waals surface area contributed by atoms with Gasteiger partial charge in [-0.15, -0.1) is 0 Å². The molecule has 0 saturated carbocycles. The topological polar surface area (TPSA) is 46.5 Å². The molecule has 0 aliphatic carbocycles. The molecule has 20 heavy (non-hydrogen) atoms. The van der Waals surface area contributed by atoms with E-state index in [0.29, 0.717) is 15.7 Å². The first-order valence-electron chi connectivity index (χ1n) is 5.65. The van der Waals surface area contributed by atoms with Crippen molar-refractivity contribution in [2.75, 3.05) is 6.26 Å². The number of hydrogen-bond donors (Lipinski definition) is 0. The SMILES string of the molecule is CS(=O)(=O)c1ccc(C=Nc2cc(Cl)cc(Cl)c2)cc1. The van der Waals surface area contributed by atoms with Crippen LogP contribution in [0.15, 0.2) is 52.4 Å². The fourth-order valence-corrected chi connectivity index (χ4v) is 2.71. The molecule has 0 amide bonds. The molecule has 2 aromatic carbocycles. The van der Waals surface area contributed by atoms with E-state index >= 15 is 0 Å². The minimum Gasteiger partial charge on any atom is -0.256 e. The summed E-state index contributed by atoms with van der Waals surface area (Å²) in [5, 5.41) is 1.02. The maximum Gasteiger partial charge on any atom is 0.175 e. The number of sulfone groups is 1. The largest absolute Gasteiger partial charge is 0.256 e. The van der Waals surface area contributed by atoms with Gasteiger partial charge in [-0.1, -0.05) is 35.3 Å². The fraction of sp³-hybridized carbons (Fsp3) is 0.0714. The van der Waals surface area contributed by atoms with E-state index in [1.807, 2.05) is 0 Å². The van der Waals surface area contributed by atoms with Gasteiger partial charge in [-0.05, 0) is 35.9 Å². The van der Waals surface area contributed by atoms with Gasteiger partial charge < -0.3 is 0 Å². The molecule has 0 aliphatic heterocycles. The molecule has 0 aliphatic rings. The molecule has 2 aromatic rings. The van der Waals surface area contributed by atoms with Crippen molar-refractivity contribution >= 4 is 44.9 Å². The Kier molecular flexibility index (Phi) is 4.48. The minimum absolute atomic E-state index is 0.278. The first kappa shape index (κ1) is 15.0. The van der Waals surface area contributed by atoms with E-state index in [-0.39, 0.29) is 4.90 Å². The van der Waals surface area contributed by atoms with Gasteiger partial charge in [0.1, 0.15) is 0 Å². The molecule has 0 spiro atoms. The second kappa shape index (κ2) is 5.95. The zero-order chi connectivity index (χ0) is 14.8. The highest BCUT2D eigenvalue weighted by molar-refractivity contribution is 7.90. The van der Waals surface area contributed by atoms with Gasteiger partial charge >= 0.3 is 0 Å². The smallest absolute Gasteiger partial charge is 0.175 e. The van der Waals surface area contributed by atoms with Crippen LogP contribution in [-0.2, 0) is 9.84 Å². The Bertz CT molecular complexity index is 733. The summed E-state index contributed by atoms with van der Waals surface area (Å²) in [5.41, 5.74) is 1.42. The number of benzene rings is 2. The third-order valence-electron chi connectivity index (χ3n) is 2.52. The van der Waals surface area contributed by atoms with Gasteiger partial charge in [0.15, 0.2) is 9.84 Å².